The van der Waals surface area contributed by atoms with Crippen molar-refractivity contribution in [1.29, 1.82) is 0 Å². The van der Waals surface area contributed by atoms with E-state index in [2.05, 4.69) is 15.0 Å². The molecule has 1 fully saturated rings. The van der Waals surface area contributed by atoms with E-state index in [4.69, 9.17) is 24.6 Å². The summed E-state index contributed by atoms with van der Waals surface area (Å²) in [5.74, 6) is 0.0440. The minimum atomic E-state index is -2.85. The number of halogens is 1. The first-order valence-corrected chi connectivity index (χ1v) is 15.0. The van der Waals surface area contributed by atoms with Crippen molar-refractivity contribution in [2.45, 2.75) is 77.3 Å². The summed E-state index contributed by atoms with van der Waals surface area (Å²) in [4.78, 5) is 34.0. The first-order valence-electron chi connectivity index (χ1n) is 13.9. The zero-order valence-electron chi connectivity index (χ0n) is 25.0. The number of para-hydroxylation sites is 1. The molecule has 4 rings (SSSR count). The molecule has 1 aromatic carbocycles. The van der Waals surface area contributed by atoms with Gasteiger partial charge in [0.1, 0.15) is 23.6 Å². The topological polar surface area (TPSA) is 167 Å². The van der Waals surface area contributed by atoms with Gasteiger partial charge in [-0.25, -0.2) is 9.37 Å². The van der Waals surface area contributed by atoms with Crippen molar-refractivity contribution in [2.75, 3.05) is 30.8 Å². The number of hydrogen-bond donors (Lipinski definition) is 2. The molecule has 6 unspecified atom stereocenters. The maximum absolute atomic E-state index is 16.1. The van der Waals surface area contributed by atoms with Gasteiger partial charge >= 0.3 is 14.1 Å². The number of carbonyl (C=O) groups excluding carboxylic acids is 1. The predicted octanol–water partition coefficient (Wildman–Crippen LogP) is 3.55. The van der Waals surface area contributed by atoms with Crippen LogP contribution in [0.2, 0.25) is 0 Å². The van der Waals surface area contributed by atoms with Crippen LogP contribution < -0.4 is 15.5 Å². The van der Waals surface area contributed by atoms with E-state index in [1.807, 2.05) is 18.9 Å². The van der Waals surface area contributed by atoms with E-state index in [9.17, 15) is 14.5 Å². The van der Waals surface area contributed by atoms with E-state index < -0.39 is 57.0 Å². The molecule has 1 aliphatic heterocycles. The first kappa shape index (κ1) is 32.4. The number of hydroxylamine groups is 1. The number of carbonyl (C=O) groups is 1. The number of nitrogens with zero attached hydrogens (tertiary/aromatic N) is 6. The van der Waals surface area contributed by atoms with Crippen LogP contribution >= 0.6 is 8.18 Å². The molecule has 1 aliphatic rings. The summed E-state index contributed by atoms with van der Waals surface area (Å²) < 4.78 is 47.4. The molecule has 1 saturated heterocycles. The standard InChI is InChI=1S/C27H38FN7O7P/c1-7-13-33(6)22-20-23(32-26(29)31-22)34(15-30-20)25-27(5,28)21(36)19(41-25)14-39-43(38)35(17(4)24(37)40-16(2)3)42-18-11-9-8-10-12-18/h8-12,15-17,19,21,25,36H,7,13-14H2,1-6H3,(H2,29,31,32)/q+1. The summed E-state index contributed by atoms with van der Waals surface area (Å²) in [6.45, 7) is 8.18. The van der Waals surface area contributed by atoms with Crippen LogP contribution in [0.15, 0.2) is 36.7 Å². The monoisotopic (exact) mass is 622 g/mol. The van der Waals surface area contributed by atoms with Crippen molar-refractivity contribution in [2.24, 2.45) is 0 Å². The maximum Gasteiger partial charge on any atom is 0.653 e. The Bertz CT molecular complexity index is 1430. The molecule has 0 saturated carbocycles. The number of alkyl halides is 1. The molecular weight excluding hydrogens is 584 g/mol. The number of hydrogen-bond acceptors (Lipinski definition) is 12. The van der Waals surface area contributed by atoms with Crippen molar-refractivity contribution in [3.63, 3.8) is 0 Å². The Kier molecular flexibility index (Phi) is 10.1. The number of aliphatic hydroxyl groups is 1. The Morgan fingerprint density at radius 2 is 1.98 bits per heavy atom. The average Bonchev–Trinajstić information content (AvgIpc) is 3.47. The summed E-state index contributed by atoms with van der Waals surface area (Å²) >= 11 is 0. The average molecular weight is 623 g/mol. The van der Waals surface area contributed by atoms with E-state index in [0.717, 1.165) is 11.3 Å². The SMILES string of the molecule is CCCN(C)c1nc(N)nc2c1ncn2C1OC(CO[P+](=O)N(Oc2ccccc2)C(C)C(=O)OC(C)C)C(O)C1(C)F. The van der Waals surface area contributed by atoms with Crippen LogP contribution in [-0.2, 0) is 23.4 Å². The summed E-state index contributed by atoms with van der Waals surface area (Å²) in [6.07, 6.45) is -2.55. The molecule has 43 heavy (non-hydrogen) atoms. The number of rotatable bonds is 13. The van der Waals surface area contributed by atoms with Gasteiger partial charge in [0.25, 0.3) is 0 Å². The Balaban J connectivity index is 1.54. The molecule has 234 valence electrons. The van der Waals surface area contributed by atoms with Gasteiger partial charge in [-0.3, -0.25) is 9.36 Å². The fourth-order valence-corrected chi connectivity index (χ4v) is 5.53. The number of nitrogen functional groups attached to an aromatic ring is 1. The van der Waals surface area contributed by atoms with Crippen LogP contribution in [0, 0.1) is 0 Å². The van der Waals surface area contributed by atoms with Gasteiger partial charge in [-0.15, -0.1) is 4.52 Å². The second-order valence-corrected chi connectivity index (χ2v) is 11.8. The number of ether oxygens (including phenoxy) is 2. The fraction of sp³-hybridized carbons (Fsp3) is 0.556. The molecule has 0 amide bonds. The molecule has 0 bridgehead atoms. The van der Waals surface area contributed by atoms with Gasteiger partial charge in [0.05, 0.1) is 12.4 Å². The number of aromatic nitrogens is 4. The normalized spacial score (nSPS) is 23.1. The minimum Gasteiger partial charge on any atom is -0.462 e. The van der Waals surface area contributed by atoms with E-state index in [0.29, 0.717) is 23.6 Å². The number of imidazole rings is 1. The van der Waals surface area contributed by atoms with Crippen molar-refractivity contribution in [3.05, 3.63) is 36.7 Å². The quantitative estimate of drug-likeness (QED) is 0.161. The molecule has 3 heterocycles. The number of benzene rings is 1. The third-order valence-electron chi connectivity index (χ3n) is 6.79. The number of aliphatic hydroxyl groups excluding tert-OH is 1. The first-order chi connectivity index (χ1) is 20.3. The summed E-state index contributed by atoms with van der Waals surface area (Å²) in [5, 5.41) is 10.9. The van der Waals surface area contributed by atoms with Crippen molar-refractivity contribution in [3.8, 4) is 5.75 Å². The third kappa shape index (κ3) is 7.02. The minimum absolute atomic E-state index is 0.0354. The fourth-order valence-electron chi connectivity index (χ4n) is 4.61. The van der Waals surface area contributed by atoms with Gasteiger partial charge in [0, 0.05) is 13.6 Å². The molecule has 0 radical (unpaired) electrons. The molecule has 0 aliphatic carbocycles. The molecule has 0 spiro atoms. The summed E-state index contributed by atoms with van der Waals surface area (Å²) in [5.41, 5.74) is 4.24. The Morgan fingerprint density at radius 1 is 1.28 bits per heavy atom. The Morgan fingerprint density at radius 3 is 2.63 bits per heavy atom. The molecule has 14 nitrogen and oxygen atoms in total. The Hall–Kier alpha value is -3.49. The zero-order chi connectivity index (χ0) is 31.5. The van der Waals surface area contributed by atoms with Crippen LogP contribution in [0.3, 0.4) is 0 Å². The van der Waals surface area contributed by atoms with Gasteiger partial charge in [-0.2, -0.15) is 9.97 Å². The molecule has 16 heteroatoms. The number of fused-ring (bicyclic) bond motifs is 1. The summed E-state index contributed by atoms with van der Waals surface area (Å²) in [7, 11) is -1.02. The second kappa shape index (κ2) is 13.4. The molecule has 6 atom stereocenters. The highest BCUT2D eigenvalue weighted by Crippen LogP contribution is 2.44. The van der Waals surface area contributed by atoms with Crippen LogP contribution in [0.1, 0.15) is 47.3 Å². The zero-order valence-corrected chi connectivity index (χ0v) is 25.8. The highest BCUT2D eigenvalue weighted by atomic mass is 31.1. The second-order valence-electron chi connectivity index (χ2n) is 10.7. The molecule has 2 aromatic heterocycles. The van der Waals surface area contributed by atoms with Gasteiger partial charge in [-0.1, -0.05) is 25.1 Å². The molecule has 3 N–H and O–H groups in total. The van der Waals surface area contributed by atoms with Crippen LogP contribution in [-0.4, -0.2) is 85.7 Å². The van der Waals surface area contributed by atoms with E-state index in [1.54, 1.807) is 44.2 Å². The highest BCUT2D eigenvalue weighted by Gasteiger charge is 2.56. The lowest BCUT2D eigenvalue weighted by Crippen LogP contribution is -2.41. The van der Waals surface area contributed by atoms with Crippen molar-refractivity contribution < 1.29 is 37.7 Å². The van der Waals surface area contributed by atoms with Crippen LogP contribution in [0.5, 0.6) is 5.75 Å². The van der Waals surface area contributed by atoms with Gasteiger partial charge in [-0.05, 0) is 50.8 Å². The van der Waals surface area contributed by atoms with E-state index in [1.165, 1.54) is 24.7 Å². The predicted molar refractivity (Wildman–Crippen MR) is 156 cm³/mol. The van der Waals surface area contributed by atoms with Gasteiger partial charge < -0.3 is 30.1 Å². The summed E-state index contributed by atoms with van der Waals surface area (Å²) in [6, 6.07) is 7.25. The van der Waals surface area contributed by atoms with Crippen LogP contribution in [0.4, 0.5) is 16.2 Å². The van der Waals surface area contributed by atoms with E-state index in [-0.39, 0.29) is 11.6 Å². The smallest absolute Gasteiger partial charge is 0.462 e. The molecule has 3 aromatic rings. The van der Waals surface area contributed by atoms with Gasteiger partial charge in [0.2, 0.25) is 5.95 Å². The lowest BCUT2D eigenvalue weighted by molar-refractivity contribution is -0.159. The van der Waals surface area contributed by atoms with Crippen molar-refractivity contribution >= 4 is 37.1 Å². The molecular formula is C27H38FN7O7P+. The Labute approximate surface area is 249 Å². The number of anilines is 2. The lowest BCUT2D eigenvalue weighted by Gasteiger charge is -2.24. The van der Waals surface area contributed by atoms with Crippen LogP contribution in [0.25, 0.3) is 11.2 Å². The number of nitrogens with two attached hydrogens (primary N) is 1. The number of esters is 1. The highest BCUT2D eigenvalue weighted by molar-refractivity contribution is 7.36. The maximum atomic E-state index is 16.1. The van der Waals surface area contributed by atoms with E-state index >= 15 is 4.39 Å². The van der Waals surface area contributed by atoms with Gasteiger partial charge in [0.15, 0.2) is 40.7 Å². The third-order valence-corrected chi connectivity index (χ3v) is 7.91. The largest absolute Gasteiger partial charge is 0.653 e. The van der Waals surface area contributed by atoms with Crippen molar-refractivity contribution in [1.82, 2.24) is 24.4 Å². The lowest BCUT2D eigenvalue weighted by atomic mass is 9.98.